The molecule has 0 bridgehead atoms. The quantitative estimate of drug-likeness (QED) is 0.471. The highest BCUT2D eigenvalue weighted by molar-refractivity contribution is 6.33. The molecule has 5 heteroatoms. The molecule has 1 spiro atoms. The lowest BCUT2D eigenvalue weighted by molar-refractivity contribution is -0.187. The Morgan fingerprint density at radius 1 is 1.40 bits per heavy atom. The van der Waals surface area contributed by atoms with Crippen LogP contribution < -0.4 is 5.32 Å². The molecule has 2 aliphatic heterocycles. The Bertz CT molecular complexity index is 284. The summed E-state index contributed by atoms with van der Waals surface area (Å²) in [5.74, 6) is -1.19. The van der Waals surface area contributed by atoms with Gasteiger partial charge in [-0.2, -0.15) is 0 Å². The Morgan fingerprint density at radius 3 is 2.67 bits per heavy atom. The van der Waals surface area contributed by atoms with Gasteiger partial charge in [0.1, 0.15) is 5.60 Å². The molecule has 0 aliphatic carbocycles. The molecular weight excluding hydrogens is 196 g/mol. The summed E-state index contributed by atoms with van der Waals surface area (Å²) in [4.78, 5) is 24.4. The van der Waals surface area contributed by atoms with Gasteiger partial charge in [0.2, 0.25) is 0 Å². The summed E-state index contributed by atoms with van der Waals surface area (Å²) in [5.41, 5.74) is -0.424. The molecule has 5 nitrogen and oxygen atoms in total. The van der Waals surface area contributed by atoms with Crippen molar-refractivity contribution < 1.29 is 14.3 Å². The largest absolute Gasteiger partial charge is 0.450 e. The lowest BCUT2D eigenvalue weighted by atomic mass is 9.90. The first-order valence-corrected chi connectivity index (χ1v) is 5.40. The van der Waals surface area contributed by atoms with Gasteiger partial charge >= 0.3 is 11.9 Å². The van der Waals surface area contributed by atoms with Gasteiger partial charge in [-0.1, -0.05) is 0 Å². The number of carbonyl (C=O) groups is 2. The van der Waals surface area contributed by atoms with E-state index in [1.54, 1.807) is 4.90 Å². The average Bonchev–Trinajstić information content (AvgIpc) is 2.25. The number of amides is 1. The maximum Gasteiger partial charge on any atom is 0.397 e. The van der Waals surface area contributed by atoms with Gasteiger partial charge in [-0.05, 0) is 20.0 Å². The van der Waals surface area contributed by atoms with E-state index in [1.165, 1.54) is 0 Å². The molecule has 2 fully saturated rings. The van der Waals surface area contributed by atoms with E-state index in [4.69, 9.17) is 4.74 Å². The van der Waals surface area contributed by atoms with Gasteiger partial charge in [0, 0.05) is 19.4 Å². The predicted molar refractivity (Wildman–Crippen MR) is 53.2 cm³/mol. The first-order chi connectivity index (χ1) is 7.17. The fourth-order valence-electron chi connectivity index (χ4n) is 2.22. The standard InChI is InChI=1S/C10H16N2O3/c1-2-12-7-10(3-5-11-6-4-10)15-9(14)8(12)13/h11H,2-7H2,1H3. The van der Waals surface area contributed by atoms with E-state index in [0.717, 1.165) is 25.9 Å². The second kappa shape index (κ2) is 3.81. The van der Waals surface area contributed by atoms with Crippen molar-refractivity contribution >= 4 is 11.9 Å². The van der Waals surface area contributed by atoms with Crippen molar-refractivity contribution in [2.75, 3.05) is 26.2 Å². The normalized spacial score (nSPS) is 25.5. The maximum atomic E-state index is 11.4. The maximum absolute atomic E-state index is 11.4. The molecule has 0 aromatic rings. The van der Waals surface area contributed by atoms with Crippen LogP contribution in [0, 0.1) is 0 Å². The lowest BCUT2D eigenvalue weighted by Gasteiger charge is -2.43. The van der Waals surface area contributed by atoms with Gasteiger partial charge in [-0.3, -0.25) is 4.79 Å². The molecule has 2 rings (SSSR count). The summed E-state index contributed by atoms with van der Waals surface area (Å²) >= 11 is 0. The highest BCUT2D eigenvalue weighted by Gasteiger charge is 2.45. The molecule has 0 aromatic carbocycles. The number of carbonyl (C=O) groups excluding carboxylic acids is 2. The van der Waals surface area contributed by atoms with Crippen molar-refractivity contribution in [3.05, 3.63) is 0 Å². The molecule has 0 atom stereocenters. The second-order valence-electron chi connectivity index (χ2n) is 4.14. The molecule has 0 unspecified atom stereocenters. The third kappa shape index (κ3) is 1.84. The van der Waals surface area contributed by atoms with Crippen LogP contribution in [0.3, 0.4) is 0 Å². The molecule has 0 radical (unpaired) electrons. The zero-order chi connectivity index (χ0) is 10.9. The van der Waals surface area contributed by atoms with Gasteiger partial charge in [0.05, 0.1) is 6.54 Å². The predicted octanol–water partition coefficient (Wildman–Crippen LogP) is -0.486. The van der Waals surface area contributed by atoms with Crippen LogP contribution in [0.4, 0.5) is 0 Å². The zero-order valence-corrected chi connectivity index (χ0v) is 8.91. The van der Waals surface area contributed by atoms with Crippen molar-refractivity contribution in [2.24, 2.45) is 0 Å². The summed E-state index contributed by atoms with van der Waals surface area (Å²) in [5, 5.41) is 3.22. The van der Waals surface area contributed by atoms with Crippen LogP contribution >= 0.6 is 0 Å². The fraction of sp³-hybridized carbons (Fsp3) is 0.800. The Balaban J connectivity index is 2.14. The van der Waals surface area contributed by atoms with Crippen LogP contribution in [0.15, 0.2) is 0 Å². The lowest BCUT2D eigenvalue weighted by Crippen LogP contribution is -2.60. The smallest absolute Gasteiger partial charge is 0.397 e. The number of hydrogen-bond donors (Lipinski definition) is 1. The number of nitrogens with zero attached hydrogens (tertiary/aromatic N) is 1. The summed E-state index contributed by atoms with van der Waals surface area (Å²) in [6.45, 7) is 4.70. The minimum Gasteiger partial charge on any atom is -0.450 e. The number of nitrogens with one attached hydrogen (secondary N) is 1. The van der Waals surface area contributed by atoms with E-state index in [2.05, 4.69) is 5.32 Å². The van der Waals surface area contributed by atoms with Crippen LogP contribution in [0.1, 0.15) is 19.8 Å². The first-order valence-electron chi connectivity index (χ1n) is 5.40. The second-order valence-corrected chi connectivity index (χ2v) is 4.14. The molecule has 1 N–H and O–H groups in total. The van der Waals surface area contributed by atoms with Gasteiger partial charge < -0.3 is 15.0 Å². The van der Waals surface area contributed by atoms with Gasteiger partial charge in [0.25, 0.3) is 0 Å². The summed E-state index contributed by atoms with van der Waals surface area (Å²) in [7, 11) is 0. The van der Waals surface area contributed by atoms with Crippen LogP contribution in [-0.4, -0.2) is 48.6 Å². The third-order valence-electron chi connectivity index (χ3n) is 3.15. The molecule has 0 aromatic heterocycles. The molecule has 2 saturated heterocycles. The number of likely N-dealkylation sites (N-methyl/N-ethyl adjacent to an activating group) is 1. The summed E-state index contributed by atoms with van der Waals surface area (Å²) in [6, 6.07) is 0. The minimum atomic E-state index is -0.690. The van der Waals surface area contributed by atoms with Gasteiger partial charge in [-0.15, -0.1) is 0 Å². The highest BCUT2D eigenvalue weighted by atomic mass is 16.6. The molecular formula is C10H16N2O3. The Hall–Kier alpha value is -1.10. The molecule has 2 aliphatic rings. The topological polar surface area (TPSA) is 58.6 Å². The Morgan fingerprint density at radius 2 is 2.07 bits per heavy atom. The van der Waals surface area contributed by atoms with E-state index in [-0.39, 0.29) is 0 Å². The van der Waals surface area contributed by atoms with Crippen molar-refractivity contribution in [1.29, 1.82) is 0 Å². The van der Waals surface area contributed by atoms with E-state index in [9.17, 15) is 9.59 Å². The number of esters is 1. The van der Waals surface area contributed by atoms with Crippen LogP contribution in [-0.2, 0) is 14.3 Å². The molecule has 0 saturated carbocycles. The van der Waals surface area contributed by atoms with Crippen molar-refractivity contribution in [1.82, 2.24) is 10.2 Å². The van der Waals surface area contributed by atoms with E-state index < -0.39 is 17.5 Å². The van der Waals surface area contributed by atoms with E-state index >= 15 is 0 Å². The Labute approximate surface area is 88.8 Å². The van der Waals surface area contributed by atoms with Crippen molar-refractivity contribution in [2.45, 2.75) is 25.4 Å². The van der Waals surface area contributed by atoms with Crippen LogP contribution in [0.5, 0.6) is 0 Å². The van der Waals surface area contributed by atoms with Gasteiger partial charge in [-0.25, -0.2) is 4.79 Å². The molecule has 84 valence electrons. The van der Waals surface area contributed by atoms with E-state index in [0.29, 0.717) is 13.1 Å². The SMILES string of the molecule is CCN1CC2(CCNCC2)OC(=O)C1=O. The zero-order valence-electron chi connectivity index (χ0n) is 8.91. The number of rotatable bonds is 1. The number of piperidine rings is 1. The highest BCUT2D eigenvalue weighted by Crippen LogP contribution is 2.28. The fourth-order valence-corrected chi connectivity index (χ4v) is 2.22. The molecule has 2 heterocycles. The molecule has 1 amide bonds. The minimum absolute atomic E-state index is 0.424. The van der Waals surface area contributed by atoms with Crippen molar-refractivity contribution in [3.63, 3.8) is 0 Å². The van der Waals surface area contributed by atoms with Crippen LogP contribution in [0.2, 0.25) is 0 Å². The van der Waals surface area contributed by atoms with Crippen molar-refractivity contribution in [3.8, 4) is 0 Å². The number of morpholine rings is 1. The van der Waals surface area contributed by atoms with Gasteiger partial charge in [0.15, 0.2) is 0 Å². The Kier molecular flexibility index (Phi) is 2.65. The van der Waals surface area contributed by atoms with Crippen LogP contribution in [0.25, 0.3) is 0 Å². The summed E-state index contributed by atoms with van der Waals surface area (Å²) in [6.07, 6.45) is 1.59. The first kappa shape index (κ1) is 10.4. The number of ether oxygens (including phenoxy) is 1. The monoisotopic (exact) mass is 212 g/mol. The summed E-state index contributed by atoms with van der Waals surface area (Å²) < 4.78 is 5.29. The number of hydrogen-bond acceptors (Lipinski definition) is 4. The molecule has 15 heavy (non-hydrogen) atoms. The average molecular weight is 212 g/mol. The third-order valence-corrected chi connectivity index (χ3v) is 3.15. The van der Waals surface area contributed by atoms with E-state index in [1.807, 2.05) is 6.92 Å².